The molecule has 0 aromatic carbocycles. The summed E-state index contributed by atoms with van der Waals surface area (Å²) in [5.74, 6) is -0.749. The average Bonchev–Trinajstić information content (AvgIpc) is 2.48. The number of esters is 1. The Bertz CT molecular complexity index is 501. The molecule has 1 saturated carbocycles. The fourth-order valence-corrected chi connectivity index (χ4v) is 2.57. The van der Waals surface area contributed by atoms with Crippen LogP contribution in [0.25, 0.3) is 0 Å². The van der Waals surface area contributed by atoms with E-state index >= 15 is 0 Å². The molecule has 0 amide bonds. The predicted octanol–water partition coefficient (Wildman–Crippen LogP) is 2.31. The third-order valence-corrected chi connectivity index (χ3v) is 3.65. The second-order valence-corrected chi connectivity index (χ2v) is 5.20. The first-order chi connectivity index (χ1) is 10.1. The number of carbonyl (C=O) groups is 2. The molecule has 6 heteroatoms. The SMILES string of the molecule is CCOC(=O)c1ccc(NC2CCCC(C(=O)O)C2)nc1. The minimum atomic E-state index is -0.730. The molecule has 1 aliphatic carbocycles. The molecule has 2 rings (SSSR count). The summed E-state index contributed by atoms with van der Waals surface area (Å²) >= 11 is 0. The van der Waals surface area contributed by atoms with Crippen molar-refractivity contribution >= 4 is 17.8 Å². The van der Waals surface area contributed by atoms with Crippen LogP contribution in [0.4, 0.5) is 5.82 Å². The zero-order valence-electron chi connectivity index (χ0n) is 12.0. The van der Waals surface area contributed by atoms with Crippen molar-refractivity contribution in [2.45, 2.75) is 38.6 Å². The first-order valence-corrected chi connectivity index (χ1v) is 7.22. The maximum absolute atomic E-state index is 11.5. The van der Waals surface area contributed by atoms with Crippen LogP contribution < -0.4 is 5.32 Å². The molecular formula is C15H20N2O4. The molecule has 2 atom stereocenters. The fourth-order valence-electron chi connectivity index (χ4n) is 2.57. The number of hydrogen-bond acceptors (Lipinski definition) is 5. The molecule has 114 valence electrons. The van der Waals surface area contributed by atoms with Gasteiger partial charge in [0.1, 0.15) is 5.82 Å². The van der Waals surface area contributed by atoms with Crippen LogP contribution in [-0.2, 0) is 9.53 Å². The van der Waals surface area contributed by atoms with Crippen LogP contribution in [0.1, 0.15) is 43.0 Å². The molecule has 0 aliphatic heterocycles. The standard InChI is InChI=1S/C15H20N2O4/c1-2-21-15(20)11-6-7-13(16-9-11)17-12-5-3-4-10(8-12)14(18)19/h6-7,9-10,12H,2-5,8H2,1H3,(H,16,17)(H,18,19). The minimum absolute atomic E-state index is 0.112. The van der Waals surface area contributed by atoms with Crippen LogP contribution in [0, 0.1) is 5.92 Å². The lowest BCUT2D eigenvalue weighted by molar-refractivity contribution is -0.142. The zero-order chi connectivity index (χ0) is 15.2. The summed E-state index contributed by atoms with van der Waals surface area (Å²) in [6, 6.07) is 3.49. The third kappa shape index (κ3) is 4.18. The maximum Gasteiger partial charge on any atom is 0.339 e. The van der Waals surface area contributed by atoms with Gasteiger partial charge in [0.25, 0.3) is 0 Å². The van der Waals surface area contributed by atoms with Crippen LogP contribution in [0.5, 0.6) is 0 Å². The summed E-state index contributed by atoms with van der Waals surface area (Å²) in [6.45, 7) is 2.08. The topological polar surface area (TPSA) is 88.5 Å². The Labute approximate surface area is 123 Å². The van der Waals surface area contributed by atoms with Crippen molar-refractivity contribution in [3.63, 3.8) is 0 Å². The van der Waals surface area contributed by atoms with E-state index < -0.39 is 5.97 Å². The summed E-state index contributed by atoms with van der Waals surface area (Å²) in [7, 11) is 0. The number of carboxylic acid groups (broad SMARTS) is 1. The molecule has 0 bridgehead atoms. The lowest BCUT2D eigenvalue weighted by Gasteiger charge is -2.27. The second kappa shape index (κ2) is 7.06. The first-order valence-electron chi connectivity index (χ1n) is 7.22. The molecule has 21 heavy (non-hydrogen) atoms. The minimum Gasteiger partial charge on any atom is -0.481 e. The summed E-state index contributed by atoms with van der Waals surface area (Å²) < 4.78 is 4.89. The van der Waals surface area contributed by atoms with Gasteiger partial charge in [0.15, 0.2) is 0 Å². The van der Waals surface area contributed by atoms with Gasteiger partial charge in [-0.05, 0) is 38.3 Å². The van der Waals surface area contributed by atoms with Crippen LogP contribution in [-0.4, -0.2) is 34.7 Å². The molecule has 1 heterocycles. The molecule has 1 aromatic rings. The Balaban J connectivity index is 1.94. The van der Waals surface area contributed by atoms with Crippen LogP contribution in [0.15, 0.2) is 18.3 Å². The largest absolute Gasteiger partial charge is 0.481 e. The van der Waals surface area contributed by atoms with E-state index in [9.17, 15) is 9.59 Å². The molecule has 1 fully saturated rings. The Kier molecular flexibility index (Phi) is 5.14. The highest BCUT2D eigenvalue weighted by Gasteiger charge is 2.26. The molecule has 0 saturated heterocycles. The average molecular weight is 292 g/mol. The number of pyridine rings is 1. The number of anilines is 1. The maximum atomic E-state index is 11.5. The van der Waals surface area contributed by atoms with E-state index in [0.29, 0.717) is 24.4 Å². The van der Waals surface area contributed by atoms with E-state index in [0.717, 1.165) is 19.3 Å². The van der Waals surface area contributed by atoms with E-state index in [2.05, 4.69) is 10.3 Å². The fraction of sp³-hybridized carbons (Fsp3) is 0.533. The van der Waals surface area contributed by atoms with Gasteiger partial charge in [0, 0.05) is 12.2 Å². The third-order valence-electron chi connectivity index (χ3n) is 3.65. The van der Waals surface area contributed by atoms with Gasteiger partial charge in [-0.3, -0.25) is 4.79 Å². The molecule has 1 aliphatic rings. The number of aliphatic carboxylic acids is 1. The molecule has 2 N–H and O–H groups in total. The summed E-state index contributed by atoms with van der Waals surface area (Å²) in [5.41, 5.74) is 0.412. The van der Waals surface area contributed by atoms with Crippen molar-refractivity contribution in [2.75, 3.05) is 11.9 Å². The van der Waals surface area contributed by atoms with Crippen molar-refractivity contribution in [3.05, 3.63) is 23.9 Å². The van der Waals surface area contributed by atoms with E-state index in [1.807, 2.05) is 0 Å². The zero-order valence-corrected chi connectivity index (χ0v) is 12.0. The predicted molar refractivity (Wildman–Crippen MR) is 77.2 cm³/mol. The van der Waals surface area contributed by atoms with Crippen molar-refractivity contribution in [2.24, 2.45) is 5.92 Å². The Morgan fingerprint density at radius 3 is 2.86 bits per heavy atom. The van der Waals surface area contributed by atoms with Gasteiger partial charge in [0.05, 0.1) is 18.1 Å². The quantitative estimate of drug-likeness (QED) is 0.810. The second-order valence-electron chi connectivity index (χ2n) is 5.20. The van der Waals surface area contributed by atoms with Gasteiger partial charge in [0.2, 0.25) is 0 Å². The summed E-state index contributed by atoms with van der Waals surface area (Å²) in [4.78, 5) is 26.7. The van der Waals surface area contributed by atoms with Gasteiger partial charge >= 0.3 is 11.9 Å². The Morgan fingerprint density at radius 1 is 1.43 bits per heavy atom. The highest BCUT2D eigenvalue weighted by molar-refractivity contribution is 5.89. The van der Waals surface area contributed by atoms with E-state index in [4.69, 9.17) is 9.84 Å². The number of nitrogens with one attached hydrogen (secondary N) is 1. The van der Waals surface area contributed by atoms with E-state index in [1.165, 1.54) is 6.20 Å². The van der Waals surface area contributed by atoms with Crippen molar-refractivity contribution in [1.29, 1.82) is 0 Å². The van der Waals surface area contributed by atoms with E-state index in [-0.39, 0.29) is 17.9 Å². The molecule has 0 radical (unpaired) electrons. The lowest BCUT2D eigenvalue weighted by atomic mass is 9.86. The number of ether oxygens (including phenoxy) is 1. The first kappa shape index (κ1) is 15.3. The number of carbonyl (C=O) groups excluding carboxylic acids is 1. The van der Waals surface area contributed by atoms with Gasteiger partial charge in [-0.1, -0.05) is 6.42 Å². The summed E-state index contributed by atoms with van der Waals surface area (Å²) in [5, 5.41) is 12.3. The molecule has 2 unspecified atom stereocenters. The highest BCUT2D eigenvalue weighted by atomic mass is 16.5. The normalized spacial score (nSPS) is 21.6. The monoisotopic (exact) mass is 292 g/mol. The molecule has 0 spiro atoms. The van der Waals surface area contributed by atoms with Crippen LogP contribution >= 0.6 is 0 Å². The Hall–Kier alpha value is -2.11. The Morgan fingerprint density at radius 2 is 2.24 bits per heavy atom. The van der Waals surface area contributed by atoms with Crippen molar-refractivity contribution in [3.8, 4) is 0 Å². The lowest BCUT2D eigenvalue weighted by Crippen LogP contribution is -2.31. The van der Waals surface area contributed by atoms with Crippen LogP contribution in [0.2, 0.25) is 0 Å². The number of hydrogen-bond donors (Lipinski definition) is 2. The smallest absolute Gasteiger partial charge is 0.339 e. The summed E-state index contributed by atoms with van der Waals surface area (Å²) in [6.07, 6.45) is 4.65. The van der Waals surface area contributed by atoms with Gasteiger partial charge < -0.3 is 15.2 Å². The highest BCUT2D eigenvalue weighted by Crippen LogP contribution is 2.26. The van der Waals surface area contributed by atoms with Crippen molar-refractivity contribution < 1.29 is 19.4 Å². The molecular weight excluding hydrogens is 272 g/mol. The number of rotatable bonds is 5. The van der Waals surface area contributed by atoms with Gasteiger partial charge in [-0.2, -0.15) is 0 Å². The van der Waals surface area contributed by atoms with Crippen molar-refractivity contribution in [1.82, 2.24) is 4.98 Å². The molecule has 1 aromatic heterocycles. The molecule has 6 nitrogen and oxygen atoms in total. The van der Waals surface area contributed by atoms with Crippen LogP contribution in [0.3, 0.4) is 0 Å². The number of aromatic nitrogens is 1. The van der Waals surface area contributed by atoms with Gasteiger partial charge in [-0.25, -0.2) is 9.78 Å². The number of nitrogens with zero attached hydrogens (tertiary/aromatic N) is 1. The van der Waals surface area contributed by atoms with E-state index in [1.54, 1.807) is 19.1 Å². The number of carboxylic acids is 1. The van der Waals surface area contributed by atoms with Gasteiger partial charge in [-0.15, -0.1) is 0 Å².